The highest BCUT2D eigenvalue weighted by Crippen LogP contribution is 2.06. The van der Waals surface area contributed by atoms with Crippen molar-refractivity contribution in [1.82, 2.24) is 5.32 Å². The maximum Gasteiger partial charge on any atom is 0.169 e. The van der Waals surface area contributed by atoms with E-state index < -0.39 is 5.60 Å². The van der Waals surface area contributed by atoms with E-state index in [1.807, 2.05) is 27.7 Å². The Kier molecular flexibility index (Phi) is 7.96. The Labute approximate surface area is 93.0 Å². The topological polar surface area (TPSA) is 50.7 Å². The molecule has 0 amide bonds. The lowest BCUT2D eigenvalue weighted by Crippen LogP contribution is -2.41. The number of hydrogen-bond donors (Lipinski definition) is 2. The molecule has 0 aliphatic heterocycles. The lowest BCUT2D eigenvalue weighted by molar-refractivity contribution is -0.134. The largest absolute Gasteiger partial charge is 0.389 e. The summed E-state index contributed by atoms with van der Waals surface area (Å²) in [6.45, 7) is 10.1. The molecule has 0 heterocycles. The molecule has 0 aromatic heterocycles. The predicted molar refractivity (Wildman–Crippen MR) is 60.8 cm³/mol. The minimum atomic E-state index is -0.650. The highest BCUT2D eigenvalue weighted by molar-refractivity contribution is 4.73. The van der Waals surface area contributed by atoms with Crippen LogP contribution in [0.1, 0.15) is 34.1 Å². The molecular weight excluding hydrogens is 194 g/mol. The minimum Gasteiger partial charge on any atom is -0.389 e. The Bertz CT molecular complexity index is 145. The molecule has 0 saturated carbocycles. The molecule has 0 aromatic rings. The van der Waals surface area contributed by atoms with Gasteiger partial charge in [-0.1, -0.05) is 6.92 Å². The Hall–Kier alpha value is -0.160. The van der Waals surface area contributed by atoms with Gasteiger partial charge in [0.25, 0.3) is 0 Å². The normalized spacial score (nSPS) is 15.6. The summed E-state index contributed by atoms with van der Waals surface area (Å²) in [4.78, 5) is 0. The molecule has 0 radical (unpaired) electrons. The van der Waals surface area contributed by atoms with Gasteiger partial charge in [-0.05, 0) is 27.2 Å². The summed E-state index contributed by atoms with van der Waals surface area (Å²) in [5.74, 6) is 0. The highest BCUT2D eigenvalue weighted by atomic mass is 16.7. The molecule has 4 heteroatoms. The van der Waals surface area contributed by atoms with E-state index in [4.69, 9.17) is 9.47 Å². The molecule has 0 rings (SSSR count). The number of nitrogens with one attached hydrogen (secondary N) is 1. The summed E-state index contributed by atoms with van der Waals surface area (Å²) in [5.41, 5.74) is -0.650. The van der Waals surface area contributed by atoms with E-state index in [1.165, 1.54) is 0 Å². The second kappa shape index (κ2) is 8.05. The van der Waals surface area contributed by atoms with Gasteiger partial charge in [0.2, 0.25) is 0 Å². The monoisotopic (exact) mass is 219 g/mol. The minimum absolute atomic E-state index is 0.215. The zero-order valence-electron chi connectivity index (χ0n) is 10.4. The fraction of sp³-hybridized carbons (Fsp3) is 1.00. The first-order chi connectivity index (χ1) is 7.05. The van der Waals surface area contributed by atoms with E-state index in [0.717, 1.165) is 6.42 Å². The van der Waals surface area contributed by atoms with E-state index in [0.29, 0.717) is 26.3 Å². The average molecular weight is 219 g/mol. The van der Waals surface area contributed by atoms with Crippen LogP contribution in [0.2, 0.25) is 0 Å². The maximum atomic E-state index is 9.75. The van der Waals surface area contributed by atoms with Crippen LogP contribution >= 0.6 is 0 Å². The fourth-order valence-electron chi connectivity index (χ4n) is 1.12. The first kappa shape index (κ1) is 14.8. The molecule has 0 aliphatic carbocycles. The molecular formula is C11H25NO3. The summed E-state index contributed by atoms with van der Waals surface area (Å²) >= 11 is 0. The van der Waals surface area contributed by atoms with Gasteiger partial charge in [0.15, 0.2) is 6.29 Å². The molecule has 0 fully saturated rings. The van der Waals surface area contributed by atoms with Crippen molar-refractivity contribution in [1.29, 1.82) is 0 Å². The standard InChI is InChI=1S/C11H25NO3/c1-5-11(4,13)9-12-8-10(14-6-2)15-7-3/h10,12-13H,5-9H2,1-4H3. The molecule has 1 unspecified atom stereocenters. The van der Waals surface area contributed by atoms with E-state index in [2.05, 4.69) is 5.32 Å². The maximum absolute atomic E-state index is 9.75. The number of hydrogen-bond acceptors (Lipinski definition) is 4. The first-order valence-electron chi connectivity index (χ1n) is 5.72. The van der Waals surface area contributed by atoms with Crippen LogP contribution in [0.25, 0.3) is 0 Å². The van der Waals surface area contributed by atoms with Crippen molar-refractivity contribution in [2.45, 2.75) is 46.0 Å². The summed E-state index contributed by atoms with van der Waals surface area (Å²) in [6.07, 6.45) is 0.515. The summed E-state index contributed by atoms with van der Waals surface area (Å²) in [6, 6.07) is 0. The second-order valence-corrected chi connectivity index (χ2v) is 3.82. The van der Waals surface area contributed by atoms with E-state index in [1.54, 1.807) is 0 Å². The van der Waals surface area contributed by atoms with Crippen LogP contribution in [0.4, 0.5) is 0 Å². The zero-order valence-corrected chi connectivity index (χ0v) is 10.4. The Morgan fingerprint density at radius 3 is 2.13 bits per heavy atom. The SMILES string of the molecule is CCOC(CNCC(C)(O)CC)OCC. The molecule has 0 bridgehead atoms. The van der Waals surface area contributed by atoms with Gasteiger partial charge in [-0.25, -0.2) is 0 Å². The van der Waals surface area contributed by atoms with Crippen molar-refractivity contribution in [3.63, 3.8) is 0 Å². The van der Waals surface area contributed by atoms with Crippen LogP contribution < -0.4 is 5.32 Å². The average Bonchev–Trinajstić information content (AvgIpc) is 2.18. The van der Waals surface area contributed by atoms with Crippen molar-refractivity contribution in [3.05, 3.63) is 0 Å². The fourth-order valence-corrected chi connectivity index (χ4v) is 1.12. The van der Waals surface area contributed by atoms with Crippen LogP contribution in [-0.4, -0.2) is 43.3 Å². The van der Waals surface area contributed by atoms with Crippen LogP contribution in [0.15, 0.2) is 0 Å². The van der Waals surface area contributed by atoms with E-state index in [9.17, 15) is 5.11 Å². The van der Waals surface area contributed by atoms with Gasteiger partial charge in [-0.15, -0.1) is 0 Å². The van der Waals surface area contributed by atoms with Gasteiger partial charge in [0, 0.05) is 26.3 Å². The third-order valence-electron chi connectivity index (χ3n) is 2.28. The van der Waals surface area contributed by atoms with Crippen molar-refractivity contribution < 1.29 is 14.6 Å². The van der Waals surface area contributed by atoms with Crippen LogP contribution in [0, 0.1) is 0 Å². The smallest absolute Gasteiger partial charge is 0.169 e. The molecule has 92 valence electrons. The van der Waals surface area contributed by atoms with Crippen molar-refractivity contribution in [2.75, 3.05) is 26.3 Å². The second-order valence-electron chi connectivity index (χ2n) is 3.82. The van der Waals surface area contributed by atoms with Gasteiger partial charge in [-0.2, -0.15) is 0 Å². The van der Waals surface area contributed by atoms with Gasteiger partial charge in [0.05, 0.1) is 5.60 Å². The lowest BCUT2D eigenvalue weighted by atomic mass is 10.0. The summed E-state index contributed by atoms with van der Waals surface area (Å²) in [5, 5.41) is 12.9. The van der Waals surface area contributed by atoms with Gasteiger partial charge in [0.1, 0.15) is 0 Å². The highest BCUT2D eigenvalue weighted by Gasteiger charge is 2.17. The molecule has 0 aromatic carbocycles. The van der Waals surface area contributed by atoms with Crippen molar-refractivity contribution in [3.8, 4) is 0 Å². The first-order valence-corrected chi connectivity index (χ1v) is 5.72. The quantitative estimate of drug-likeness (QED) is 0.571. The third kappa shape index (κ3) is 7.73. The van der Waals surface area contributed by atoms with E-state index >= 15 is 0 Å². The number of aliphatic hydroxyl groups is 1. The molecule has 4 nitrogen and oxygen atoms in total. The zero-order chi connectivity index (χ0) is 11.7. The molecule has 15 heavy (non-hydrogen) atoms. The Morgan fingerprint density at radius 2 is 1.73 bits per heavy atom. The van der Waals surface area contributed by atoms with Crippen molar-refractivity contribution >= 4 is 0 Å². The predicted octanol–water partition coefficient (Wildman–Crippen LogP) is 1.14. The van der Waals surface area contributed by atoms with Gasteiger partial charge in [-0.3, -0.25) is 0 Å². The van der Waals surface area contributed by atoms with Crippen LogP contribution in [0.5, 0.6) is 0 Å². The molecule has 0 saturated heterocycles. The summed E-state index contributed by atoms with van der Waals surface area (Å²) < 4.78 is 10.7. The number of ether oxygens (including phenoxy) is 2. The van der Waals surface area contributed by atoms with E-state index in [-0.39, 0.29) is 6.29 Å². The molecule has 0 aliphatic rings. The van der Waals surface area contributed by atoms with Crippen LogP contribution in [0.3, 0.4) is 0 Å². The number of rotatable bonds is 9. The Balaban J connectivity index is 3.69. The third-order valence-corrected chi connectivity index (χ3v) is 2.28. The van der Waals surface area contributed by atoms with Gasteiger partial charge < -0.3 is 19.9 Å². The van der Waals surface area contributed by atoms with Crippen molar-refractivity contribution in [2.24, 2.45) is 0 Å². The molecule has 2 N–H and O–H groups in total. The van der Waals surface area contributed by atoms with Crippen LogP contribution in [-0.2, 0) is 9.47 Å². The van der Waals surface area contributed by atoms with Gasteiger partial charge >= 0.3 is 0 Å². The molecule has 0 spiro atoms. The Morgan fingerprint density at radius 1 is 1.20 bits per heavy atom. The summed E-state index contributed by atoms with van der Waals surface area (Å²) in [7, 11) is 0. The lowest BCUT2D eigenvalue weighted by Gasteiger charge is -2.24. The molecule has 1 atom stereocenters.